The lowest BCUT2D eigenvalue weighted by molar-refractivity contribution is 0.673. The van der Waals surface area contributed by atoms with Gasteiger partial charge in [0, 0.05) is 17.8 Å². The van der Waals surface area contributed by atoms with Crippen molar-refractivity contribution < 1.29 is 0 Å². The van der Waals surface area contributed by atoms with Crippen LogP contribution in [0.25, 0.3) is 45.6 Å². The van der Waals surface area contributed by atoms with E-state index in [1.807, 2.05) is 13.8 Å². The monoisotopic (exact) mass is 1660 g/mol. The average molecular weight is 1660 g/mol. The maximum absolute atomic E-state index is 3.82. The van der Waals surface area contributed by atoms with Crippen LogP contribution in [0.2, 0.25) is 0 Å². The van der Waals surface area contributed by atoms with Gasteiger partial charge in [0.1, 0.15) is 0 Å². The third-order valence-corrected chi connectivity index (χ3v) is 30.8. The van der Waals surface area contributed by atoms with E-state index < -0.39 is 0 Å². The van der Waals surface area contributed by atoms with E-state index in [4.69, 9.17) is 0 Å². The molecule has 0 amide bonds. The predicted octanol–water partition coefficient (Wildman–Crippen LogP) is 28.9. The number of allylic oxidation sites excluding steroid dienone is 40. The van der Waals surface area contributed by atoms with Crippen molar-refractivity contribution in [2.45, 2.75) is 330 Å². The molecule has 0 saturated heterocycles. The van der Waals surface area contributed by atoms with Crippen LogP contribution in [-0.2, 0) is 0 Å². The van der Waals surface area contributed by atoms with Gasteiger partial charge in [-0.1, -0.05) is 236 Å². The number of aryl methyl sites for hydroxylation is 2. The van der Waals surface area contributed by atoms with Crippen LogP contribution in [0.3, 0.4) is 0 Å². The molecule has 4 aromatic rings. The molecule has 4 saturated carbocycles. The summed E-state index contributed by atoms with van der Waals surface area (Å²) in [7, 11) is 0. The summed E-state index contributed by atoms with van der Waals surface area (Å²) in [6.07, 6.45) is 67.7. The first-order chi connectivity index (χ1) is 60.9. The van der Waals surface area contributed by atoms with Crippen LogP contribution in [0.15, 0.2) is 323 Å². The van der Waals surface area contributed by atoms with E-state index in [1.165, 1.54) is 250 Å². The highest BCUT2D eigenvalue weighted by molar-refractivity contribution is 6.05. The molecule has 0 spiro atoms. The standard InChI is InChI=1S/C20H26.C20H22.C20H18.C18H22.C12H14.2C11H12.C7H10.C5H8N2/c3*1-13-11-19(17-9-5-3-7-15(13)17)20-12-14(2)16-8-4-6-10-18(16)20;1-11-9-17(15-7-3-5-13(11)15)18-10-12(2)14-6-4-8-16(14)18;1-9-3-5-11(7-9)12-6-4-10(2)8-12;1-8-6-7-9(2)11-5-3-4-10(8)11;1-8-7-9(2)11-6-4-3-5-10(8)11;1-6-3-4-7(2)5-6;1-4-3-5(2)7-6-4/h3-12H2,1-2H3;3-6H,7-12H2,1-2H3;3-10H,11-12H2,1-2H3;3-10H2,1-2H3;3-6H,7-8H2,1-2H3;4-7H,3H2,1-2H3;3-6H,7H2,1-2H3;3-4H,5H2,1-2H3;3H2,1-2H3. The molecule has 0 N–H and O–H groups in total. The molecule has 0 unspecified atom stereocenters. The summed E-state index contributed by atoms with van der Waals surface area (Å²) >= 11 is 0. The van der Waals surface area contributed by atoms with Gasteiger partial charge in [-0.3, -0.25) is 0 Å². The third kappa shape index (κ3) is 19.4. The third-order valence-electron chi connectivity index (χ3n) is 30.8. The van der Waals surface area contributed by atoms with E-state index in [0.29, 0.717) is 0 Å². The predicted molar refractivity (Wildman–Crippen MR) is 546 cm³/mol. The second kappa shape index (κ2) is 39.7. The van der Waals surface area contributed by atoms with Crippen molar-refractivity contribution in [3.05, 3.63) is 366 Å². The normalized spacial score (nSPS) is 21.5. The van der Waals surface area contributed by atoms with Gasteiger partial charge in [0.2, 0.25) is 0 Å². The number of nitrogens with zero attached hydrogens (tertiary/aromatic N) is 2. The fraction of sp³-hybridized carbons (Fsp3) is 0.403. The van der Waals surface area contributed by atoms with Gasteiger partial charge in [-0.05, 0) is 499 Å². The second-order valence-electron chi connectivity index (χ2n) is 40.5. The van der Waals surface area contributed by atoms with Crippen molar-refractivity contribution in [3.63, 3.8) is 0 Å². The lowest BCUT2D eigenvalue weighted by Crippen LogP contribution is -2.26. The summed E-state index contributed by atoms with van der Waals surface area (Å²) < 4.78 is 0. The molecule has 19 aliphatic carbocycles. The highest BCUT2D eigenvalue weighted by atomic mass is 15.2. The first-order valence-electron chi connectivity index (χ1n) is 48.9. The zero-order chi connectivity index (χ0) is 88.1. The number of rotatable bonds is 5. The molecule has 20 aliphatic rings. The topological polar surface area (TPSA) is 24.7 Å². The molecule has 0 radical (unpaired) electrons. The lowest BCUT2D eigenvalue weighted by Gasteiger charge is -2.21. The molecule has 4 fully saturated rings. The molecule has 4 aromatic carbocycles. The van der Waals surface area contributed by atoms with Gasteiger partial charge in [0.05, 0.1) is 0 Å². The van der Waals surface area contributed by atoms with Gasteiger partial charge in [-0.25, -0.2) is 0 Å². The minimum Gasteiger partial charge on any atom is -0.160 e. The lowest BCUT2D eigenvalue weighted by atomic mass is 9.84. The van der Waals surface area contributed by atoms with Crippen molar-refractivity contribution in [1.82, 2.24) is 0 Å². The zero-order valence-corrected chi connectivity index (χ0v) is 80.5. The number of benzene rings is 4. The number of hydrogen-bond donors (Lipinski definition) is 0. The van der Waals surface area contributed by atoms with E-state index in [0.717, 1.165) is 75.6 Å². The van der Waals surface area contributed by atoms with Crippen LogP contribution in [0, 0.1) is 13.8 Å². The summed E-state index contributed by atoms with van der Waals surface area (Å²) in [5.41, 5.74) is 64.2. The Morgan fingerprint density at radius 1 is 0.198 bits per heavy atom. The molecule has 0 aromatic heterocycles. The summed E-state index contributed by atoms with van der Waals surface area (Å²) in [4.78, 5) is 0. The van der Waals surface area contributed by atoms with E-state index >= 15 is 0 Å². The summed E-state index contributed by atoms with van der Waals surface area (Å²) in [6, 6.07) is 30.7. The van der Waals surface area contributed by atoms with Crippen LogP contribution in [0.4, 0.5) is 0 Å². The molecular weight excluding hydrogens is 1520 g/mol. The van der Waals surface area contributed by atoms with Gasteiger partial charge >= 0.3 is 0 Å². The van der Waals surface area contributed by atoms with Crippen LogP contribution < -0.4 is 41.7 Å². The van der Waals surface area contributed by atoms with Crippen molar-refractivity contribution in [2.75, 3.05) is 0 Å². The Labute approximate surface area is 757 Å². The Balaban J connectivity index is 0.000000107. The largest absolute Gasteiger partial charge is 0.160 e. The average Bonchev–Trinajstić information content (AvgIpc) is 1.61. The zero-order valence-electron chi connectivity index (χ0n) is 80.5. The molecule has 1 heterocycles. The first kappa shape index (κ1) is 89.4. The molecule has 2 heteroatoms. The van der Waals surface area contributed by atoms with Gasteiger partial charge < -0.3 is 0 Å². The van der Waals surface area contributed by atoms with E-state index in [1.54, 1.807) is 145 Å². The van der Waals surface area contributed by atoms with E-state index in [-0.39, 0.29) is 0 Å². The molecule has 1 aliphatic heterocycles. The Kier molecular flexibility index (Phi) is 28.2. The highest BCUT2D eigenvalue weighted by Crippen LogP contribution is 2.55. The van der Waals surface area contributed by atoms with Gasteiger partial charge in [0.15, 0.2) is 0 Å². The fourth-order valence-corrected chi connectivity index (χ4v) is 24.3. The summed E-state index contributed by atoms with van der Waals surface area (Å²) in [5, 5.41) is 19.2. The minimum absolute atomic E-state index is 0.972. The SMILES string of the molecule is CC1=C2CC=CCC2=C(C2=C3CC=CCC3=C(C)C2)C1.CC1=C2CCCC2=C(C2=C3CCCC3=C(C)C2)C1.CC1=C2CCCCC2=C(C2=C3CCCCC3=C(C)C2)C1.CC1=CC=C(C)C1.CC1=CC=C(C2=CC=C(C)C2)C1.CC1=NN=C(C)C1.CC1=c2ccccc2=C(C)C1.CC1=c2ccccc2=C(C2=c3ccccc3=C(C)C2)C1.Cc1ccc(C)c2c1=CCC=2. The molecule has 650 valence electrons. The summed E-state index contributed by atoms with van der Waals surface area (Å²) in [6.45, 7) is 40.2. The van der Waals surface area contributed by atoms with E-state index in [9.17, 15) is 0 Å². The maximum Gasteiger partial charge on any atom is 0.0431 e. The summed E-state index contributed by atoms with van der Waals surface area (Å²) in [5.74, 6) is 0. The van der Waals surface area contributed by atoms with Crippen molar-refractivity contribution in [1.29, 1.82) is 0 Å². The number of fused-ring (bicyclic) bond motifs is 10. The Hall–Kier alpha value is -10.0. The number of hydrogen-bond acceptors (Lipinski definition) is 2. The molecule has 126 heavy (non-hydrogen) atoms. The van der Waals surface area contributed by atoms with Gasteiger partial charge in [-0.2, -0.15) is 10.2 Å². The second-order valence-corrected chi connectivity index (χ2v) is 40.5. The van der Waals surface area contributed by atoms with Gasteiger partial charge in [0.25, 0.3) is 0 Å². The molecule has 24 rings (SSSR count). The van der Waals surface area contributed by atoms with Crippen molar-refractivity contribution in [2.24, 2.45) is 10.2 Å². The van der Waals surface area contributed by atoms with E-state index in [2.05, 4.69) is 279 Å². The molecule has 2 nitrogen and oxygen atoms in total. The smallest absolute Gasteiger partial charge is 0.0431 e. The quantitative estimate of drug-likeness (QED) is 0.178. The van der Waals surface area contributed by atoms with Crippen LogP contribution in [0.5, 0.6) is 0 Å². The Morgan fingerprint density at radius 3 is 0.770 bits per heavy atom. The molecular formula is C124H144N2. The van der Waals surface area contributed by atoms with Crippen molar-refractivity contribution in [3.8, 4) is 0 Å². The Morgan fingerprint density at radius 2 is 0.460 bits per heavy atom. The van der Waals surface area contributed by atoms with Crippen LogP contribution >= 0.6 is 0 Å². The molecule has 0 atom stereocenters. The first-order valence-corrected chi connectivity index (χ1v) is 48.9. The van der Waals surface area contributed by atoms with Crippen LogP contribution in [-0.4, -0.2) is 11.4 Å². The fourth-order valence-electron chi connectivity index (χ4n) is 24.3. The minimum atomic E-state index is 0.972. The Bertz CT molecular complexity index is 6130. The van der Waals surface area contributed by atoms with Gasteiger partial charge in [-0.15, -0.1) is 0 Å². The van der Waals surface area contributed by atoms with Crippen LogP contribution in [0.1, 0.15) is 327 Å². The van der Waals surface area contributed by atoms with Crippen molar-refractivity contribution >= 4 is 57.0 Å². The molecule has 0 bridgehead atoms. The maximum atomic E-state index is 3.82. The highest BCUT2D eigenvalue weighted by Gasteiger charge is 2.36.